The first-order valence-corrected chi connectivity index (χ1v) is 6.01. The normalized spacial score (nSPS) is 10.1. The van der Waals surface area contributed by atoms with Crippen LogP contribution in [0.2, 0.25) is 5.02 Å². The molecule has 2 aromatic rings. The number of benzene rings is 2. The summed E-state index contributed by atoms with van der Waals surface area (Å²) in [5.74, 6) is 0.442. The van der Waals surface area contributed by atoms with Gasteiger partial charge in [0.15, 0.2) is 6.29 Å². The molecule has 0 fully saturated rings. The first kappa shape index (κ1) is 12.7. The molecule has 0 saturated heterocycles. The molecule has 0 radical (unpaired) electrons. The number of ether oxygens (including phenoxy) is 1. The zero-order valence-corrected chi connectivity index (χ0v) is 10.8. The van der Waals surface area contributed by atoms with E-state index in [-0.39, 0.29) is 0 Å². The van der Waals surface area contributed by atoms with E-state index in [4.69, 9.17) is 16.3 Å². The van der Waals surface area contributed by atoms with E-state index < -0.39 is 0 Å². The van der Waals surface area contributed by atoms with Crippen LogP contribution in [0.3, 0.4) is 0 Å². The molecule has 2 rings (SSSR count). The molecule has 0 atom stereocenters. The third-order valence-corrected chi connectivity index (χ3v) is 3.06. The largest absolute Gasteiger partial charge is 0.487 e. The van der Waals surface area contributed by atoms with Crippen LogP contribution in [-0.4, -0.2) is 6.29 Å². The molecule has 2 aromatic carbocycles. The second-order valence-corrected chi connectivity index (χ2v) is 4.40. The van der Waals surface area contributed by atoms with Gasteiger partial charge in [0.25, 0.3) is 0 Å². The van der Waals surface area contributed by atoms with Gasteiger partial charge in [-0.15, -0.1) is 0 Å². The van der Waals surface area contributed by atoms with Crippen molar-refractivity contribution >= 4 is 17.9 Å². The molecule has 92 valence electrons. The fraction of sp³-hybridized carbons (Fsp3) is 0.133. The fourth-order valence-electron chi connectivity index (χ4n) is 1.69. The first-order valence-electron chi connectivity index (χ1n) is 5.63. The second-order valence-electron chi connectivity index (χ2n) is 3.99. The summed E-state index contributed by atoms with van der Waals surface area (Å²) < 4.78 is 5.66. The highest BCUT2D eigenvalue weighted by molar-refractivity contribution is 6.32. The molecule has 0 aliphatic heterocycles. The van der Waals surface area contributed by atoms with Gasteiger partial charge in [-0.3, -0.25) is 4.79 Å². The zero-order valence-electron chi connectivity index (χ0n) is 10.0. The van der Waals surface area contributed by atoms with Crippen molar-refractivity contribution in [1.29, 1.82) is 0 Å². The minimum Gasteiger partial charge on any atom is -0.487 e. The summed E-state index contributed by atoms with van der Waals surface area (Å²) >= 11 is 6.03. The van der Waals surface area contributed by atoms with Crippen molar-refractivity contribution in [3.63, 3.8) is 0 Å². The van der Waals surface area contributed by atoms with Crippen LogP contribution in [0.5, 0.6) is 5.75 Å². The van der Waals surface area contributed by atoms with Crippen LogP contribution in [0.25, 0.3) is 0 Å². The summed E-state index contributed by atoms with van der Waals surface area (Å²) in [4.78, 5) is 10.9. The Morgan fingerprint density at radius 3 is 2.67 bits per heavy atom. The summed E-state index contributed by atoms with van der Waals surface area (Å²) in [6.07, 6.45) is 0.749. The minimum atomic E-state index is 0.400. The molecule has 0 aromatic heterocycles. The Labute approximate surface area is 111 Å². The van der Waals surface area contributed by atoms with Crippen LogP contribution in [0.1, 0.15) is 21.5 Å². The van der Waals surface area contributed by atoms with E-state index in [9.17, 15) is 4.79 Å². The van der Waals surface area contributed by atoms with Gasteiger partial charge in [0.2, 0.25) is 0 Å². The SMILES string of the molecule is Cc1ccccc1COc1c(Cl)cccc1C=O. The van der Waals surface area contributed by atoms with E-state index in [0.717, 1.165) is 17.4 Å². The van der Waals surface area contributed by atoms with E-state index >= 15 is 0 Å². The maximum absolute atomic E-state index is 10.9. The molecule has 18 heavy (non-hydrogen) atoms. The van der Waals surface area contributed by atoms with Gasteiger partial charge >= 0.3 is 0 Å². The van der Waals surface area contributed by atoms with Crippen LogP contribution in [0.4, 0.5) is 0 Å². The molecule has 0 aliphatic carbocycles. The van der Waals surface area contributed by atoms with Crippen LogP contribution in [-0.2, 0) is 6.61 Å². The van der Waals surface area contributed by atoms with Gasteiger partial charge in [-0.05, 0) is 30.2 Å². The van der Waals surface area contributed by atoms with Crippen LogP contribution >= 0.6 is 11.6 Å². The van der Waals surface area contributed by atoms with Gasteiger partial charge in [0.1, 0.15) is 12.4 Å². The summed E-state index contributed by atoms with van der Waals surface area (Å²) in [5.41, 5.74) is 2.70. The number of rotatable bonds is 4. The maximum Gasteiger partial charge on any atom is 0.153 e. The van der Waals surface area contributed by atoms with Gasteiger partial charge in [-0.2, -0.15) is 0 Å². The van der Waals surface area contributed by atoms with Gasteiger partial charge in [0, 0.05) is 0 Å². The lowest BCUT2D eigenvalue weighted by atomic mass is 10.1. The molecular formula is C15H13ClO2. The predicted molar refractivity (Wildman–Crippen MR) is 72.4 cm³/mol. The van der Waals surface area contributed by atoms with Crippen LogP contribution in [0.15, 0.2) is 42.5 Å². The van der Waals surface area contributed by atoms with Crippen molar-refractivity contribution < 1.29 is 9.53 Å². The number of carbonyl (C=O) groups is 1. The number of hydrogen-bond donors (Lipinski definition) is 0. The Hall–Kier alpha value is -1.80. The molecule has 0 amide bonds. The number of halogens is 1. The van der Waals surface area contributed by atoms with Crippen LogP contribution in [0, 0.1) is 6.92 Å². The van der Waals surface area contributed by atoms with Crippen LogP contribution < -0.4 is 4.74 Å². The highest BCUT2D eigenvalue weighted by atomic mass is 35.5. The monoisotopic (exact) mass is 260 g/mol. The van der Waals surface area contributed by atoms with E-state index in [0.29, 0.717) is 22.9 Å². The molecule has 2 nitrogen and oxygen atoms in total. The van der Waals surface area contributed by atoms with E-state index in [2.05, 4.69) is 0 Å². The Balaban J connectivity index is 2.21. The lowest BCUT2D eigenvalue weighted by Gasteiger charge is -2.11. The molecular weight excluding hydrogens is 248 g/mol. The number of hydrogen-bond acceptors (Lipinski definition) is 2. The summed E-state index contributed by atoms with van der Waals surface area (Å²) in [6.45, 7) is 2.42. The average Bonchev–Trinajstić information content (AvgIpc) is 2.39. The maximum atomic E-state index is 10.9. The van der Waals surface area contributed by atoms with Crippen molar-refractivity contribution in [2.24, 2.45) is 0 Å². The molecule has 0 bridgehead atoms. The number of para-hydroxylation sites is 1. The summed E-state index contributed by atoms with van der Waals surface area (Å²) in [5, 5.41) is 0.452. The van der Waals surface area contributed by atoms with Crippen molar-refractivity contribution in [2.45, 2.75) is 13.5 Å². The molecule has 0 aliphatic rings. The molecule has 0 heterocycles. The van der Waals surface area contributed by atoms with Crippen molar-refractivity contribution in [3.8, 4) is 5.75 Å². The standard InChI is InChI=1S/C15H13ClO2/c1-11-5-2-3-6-13(11)10-18-15-12(9-17)7-4-8-14(15)16/h2-9H,10H2,1H3. The highest BCUT2D eigenvalue weighted by Gasteiger charge is 2.08. The van der Waals surface area contributed by atoms with Gasteiger partial charge in [-0.25, -0.2) is 0 Å². The van der Waals surface area contributed by atoms with E-state index in [1.54, 1.807) is 18.2 Å². The Kier molecular flexibility index (Phi) is 4.00. The molecule has 0 spiro atoms. The lowest BCUT2D eigenvalue weighted by Crippen LogP contribution is -2.00. The summed E-state index contributed by atoms with van der Waals surface area (Å²) in [7, 11) is 0. The number of aryl methyl sites for hydroxylation is 1. The summed E-state index contributed by atoms with van der Waals surface area (Å²) in [6, 6.07) is 13.1. The number of aldehydes is 1. The molecule has 0 unspecified atom stereocenters. The fourth-order valence-corrected chi connectivity index (χ4v) is 1.93. The molecule has 0 saturated carbocycles. The van der Waals surface area contributed by atoms with E-state index in [1.165, 1.54) is 0 Å². The van der Waals surface area contributed by atoms with Gasteiger partial charge in [-0.1, -0.05) is 41.9 Å². The smallest absolute Gasteiger partial charge is 0.153 e. The first-order chi connectivity index (χ1) is 8.72. The highest BCUT2D eigenvalue weighted by Crippen LogP contribution is 2.28. The Bertz CT molecular complexity index is 564. The van der Waals surface area contributed by atoms with Crippen molar-refractivity contribution in [1.82, 2.24) is 0 Å². The zero-order chi connectivity index (χ0) is 13.0. The Morgan fingerprint density at radius 2 is 1.94 bits per heavy atom. The lowest BCUT2D eigenvalue weighted by molar-refractivity contribution is 0.111. The van der Waals surface area contributed by atoms with Crippen molar-refractivity contribution in [2.75, 3.05) is 0 Å². The van der Waals surface area contributed by atoms with E-state index in [1.807, 2.05) is 31.2 Å². The number of carbonyl (C=O) groups excluding carboxylic acids is 1. The molecule has 0 N–H and O–H groups in total. The van der Waals surface area contributed by atoms with Gasteiger partial charge in [0.05, 0.1) is 10.6 Å². The second kappa shape index (κ2) is 5.69. The Morgan fingerprint density at radius 1 is 1.17 bits per heavy atom. The van der Waals surface area contributed by atoms with Crippen molar-refractivity contribution in [3.05, 3.63) is 64.2 Å². The quantitative estimate of drug-likeness (QED) is 0.776. The minimum absolute atomic E-state index is 0.400. The third kappa shape index (κ3) is 2.71. The molecule has 3 heteroatoms. The van der Waals surface area contributed by atoms with Gasteiger partial charge < -0.3 is 4.74 Å². The topological polar surface area (TPSA) is 26.3 Å². The third-order valence-electron chi connectivity index (χ3n) is 2.76. The average molecular weight is 261 g/mol. The predicted octanol–water partition coefficient (Wildman–Crippen LogP) is 4.04.